The molecule has 12 heteroatoms. The number of terminal acetylenes is 1. The van der Waals surface area contributed by atoms with Crippen molar-refractivity contribution in [3.63, 3.8) is 0 Å². The summed E-state index contributed by atoms with van der Waals surface area (Å²) in [6.07, 6.45) is 6.51. The smallest absolute Gasteiger partial charge is 0.352 e. The fourth-order valence-electron chi connectivity index (χ4n) is 2.74. The fraction of sp³-hybridized carbons (Fsp3) is 0.235. The average Bonchev–Trinajstić information content (AvgIpc) is 3.13. The van der Waals surface area contributed by atoms with E-state index in [9.17, 15) is 19.5 Å². The van der Waals surface area contributed by atoms with Gasteiger partial charge in [0.05, 0.1) is 0 Å². The van der Waals surface area contributed by atoms with Crippen LogP contribution in [0.4, 0.5) is 5.13 Å². The molecule has 1 aromatic heterocycles. The number of aromatic nitrogens is 1. The molecule has 3 rings (SSSR count). The molecule has 4 N–H and O–H groups in total. The van der Waals surface area contributed by atoms with Crippen LogP contribution in [0.3, 0.4) is 0 Å². The van der Waals surface area contributed by atoms with Crippen LogP contribution in [-0.2, 0) is 19.2 Å². The van der Waals surface area contributed by atoms with Crippen LogP contribution in [0.15, 0.2) is 34.5 Å². The SMILES string of the molecule is C#CCO/N=C(/C(=O)NC1C(=O)N2C(C(=O)O)=C(C=C)CSC12)c1csc(N)n1. The maximum Gasteiger partial charge on any atom is 0.352 e. The van der Waals surface area contributed by atoms with E-state index in [0.29, 0.717) is 11.3 Å². The monoisotopic (exact) mass is 433 g/mol. The van der Waals surface area contributed by atoms with Crippen molar-refractivity contribution >= 4 is 51.7 Å². The van der Waals surface area contributed by atoms with Gasteiger partial charge in [-0.2, -0.15) is 0 Å². The van der Waals surface area contributed by atoms with Crippen molar-refractivity contribution in [3.8, 4) is 12.3 Å². The number of aliphatic carboxylic acids is 1. The number of amides is 2. The molecule has 0 bridgehead atoms. The number of allylic oxidation sites excluding steroid dienone is 1. The Balaban J connectivity index is 1.80. The molecule has 0 spiro atoms. The molecule has 2 atom stereocenters. The van der Waals surface area contributed by atoms with Crippen molar-refractivity contribution in [3.05, 3.63) is 35.0 Å². The maximum absolute atomic E-state index is 12.7. The number of thioether (sulfide) groups is 1. The molecule has 2 unspecified atom stereocenters. The normalized spacial score (nSPS) is 21.0. The van der Waals surface area contributed by atoms with E-state index in [1.54, 1.807) is 0 Å². The number of thiazole rings is 1. The number of nitrogens with two attached hydrogens (primary N) is 1. The standard InChI is InChI=1S/C17H15N5O5S2/c1-3-5-27-21-10(9-7-29-17(18)19-9)13(23)20-11-14(24)22-12(16(25)26)8(4-2)6-28-15(11)22/h1,4,7,11,15H,2,5-6H2,(H2,18,19)(H,20,23)(H,25,26)/b21-10+. The zero-order valence-corrected chi connectivity index (χ0v) is 16.5. The second-order valence-electron chi connectivity index (χ2n) is 5.73. The molecule has 2 aliphatic heterocycles. The van der Waals surface area contributed by atoms with Crippen LogP contribution < -0.4 is 11.1 Å². The summed E-state index contributed by atoms with van der Waals surface area (Å²) in [7, 11) is 0. The van der Waals surface area contributed by atoms with Crippen LogP contribution in [0.2, 0.25) is 0 Å². The van der Waals surface area contributed by atoms with Crippen molar-refractivity contribution in [1.82, 2.24) is 15.2 Å². The molecule has 1 aromatic rings. The molecule has 150 valence electrons. The number of nitrogens with one attached hydrogen (secondary N) is 1. The number of carbonyl (C=O) groups excluding carboxylic acids is 2. The van der Waals surface area contributed by atoms with Gasteiger partial charge in [0.15, 0.2) is 17.5 Å². The molecule has 0 saturated carbocycles. The Labute approximate surface area is 173 Å². The van der Waals surface area contributed by atoms with Crippen molar-refractivity contribution in [2.24, 2.45) is 5.16 Å². The van der Waals surface area contributed by atoms with Gasteiger partial charge in [0, 0.05) is 11.1 Å². The number of nitrogen functional groups attached to an aromatic ring is 1. The first kappa shape index (κ1) is 20.4. The minimum atomic E-state index is -1.23. The van der Waals surface area contributed by atoms with Gasteiger partial charge in [0.2, 0.25) is 0 Å². The van der Waals surface area contributed by atoms with E-state index < -0.39 is 29.2 Å². The Bertz CT molecular complexity index is 993. The second-order valence-corrected chi connectivity index (χ2v) is 7.73. The Hall–Kier alpha value is -3.30. The molecule has 1 fully saturated rings. The Morgan fingerprint density at radius 1 is 1.62 bits per heavy atom. The third kappa shape index (κ3) is 3.82. The number of rotatable bonds is 7. The van der Waals surface area contributed by atoms with E-state index in [-0.39, 0.29) is 28.8 Å². The molecule has 3 heterocycles. The van der Waals surface area contributed by atoms with Crippen LogP contribution in [-0.4, -0.2) is 62.3 Å². The van der Waals surface area contributed by atoms with Crippen molar-refractivity contribution < 1.29 is 24.3 Å². The zero-order valence-electron chi connectivity index (χ0n) is 14.8. The molecule has 1 saturated heterocycles. The van der Waals surface area contributed by atoms with Crippen molar-refractivity contribution in [2.75, 3.05) is 18.1 Å². The van der Waals surface area contributed by atoms with E-state index in [0.717, 1.165) is 16.2 Å². The first-order chi connectivity index (χ1) is 13.9. The molecular weight excluding hydrogens is 418 g/mol. The lowest BCUT2D eigenvalue weighted by Gasteiger charge is -2.49. The number of β-lactam (4-membered cyclic amide) rings is 1. The van der Waals surface area contributed by atoms with E-state index in [4.69, 9.17) is 17.0 Å². The highest BCUT2D eigenvalue weighted by Gasteiger charge is 2.54. The summed E-state index contributed by atoms with van der Waals surface area (Å²) in [5.74, 6) is 0.0641. The van der Waals surface area contributed by atoms with E-state index in [1.165, 1.54) is 23.2 Å². The van der Waals surface area contributed by atoms with Gasteiger partial charge in [-0.25, -0.2) is 9.78 Å². The fourth-order valence-corrected chi connectivity index (χ4v) is 4.63. The number of oxime groups is 1. The summed E-state index contributed by atoms with van der Waals surface area (Å²) < 4.78 is 0. The minimum Gasteiger partial charge on any atom is -0.477 e. The quantitative estimate of drug-likeness (QED) is 0.179. The van der Waals surface area contributed by atoms with Crippen LogP contribution in [0, 0.1) is 12.3 Å². The average molecular weight is 433 g/mol. The lowest BCUT2D eigenvalue weighted by molar-refractivity contribution is -0.150. The summed E-state index contributed by atoms with van der Waals surface area (Å²) >= 11 is 2.42. The van der Waals surface area contributed by atoms with Gasteiger partial charge in [0.1, 0.15) is 22.8 Å². The highest BCUT2D eigenvalue weighted by molar-refractivity contribution is 8.00. The van der Waals surface area contributed by atoms with Gasteiger partial charge in [0.25, 0.3) is 11.8 Å². The molecule has 10 nitrogen and oxygen atoms in total. The van der Waals surface area contributed by atoms with Crippen molar-refractivity contribution in [1.29, 1.82) is 0 Å². The largest absolute Gasteiger partial charge is 0.477 e. The summed E-state index contributed by atoms with van der Waals surface area (Å²) in [6, 6.07) is -0.929. The highest BCUT2D eigenvalue weighted by Crippen LogP contribution is 2.40. The first-order valence-corrected chi connectivity index (χ1v) is 10.0. The van der Waals surface area contributed by atoms with Crippen LogP contribution in [0.5, 0.6) is 0 Å². The van der Waals surface area contributed by atoms with Gasteiger partial charge < -0.3 is 21.0 Å². The number of anilines is 1. The lowest BCUT2D eigenvalue weighted by Crippen LogP contribution is -2.71. The second kappa shape index (κ2) is 8.38. The Morgan fingerprint density at radius 2 is 2.38 bits per heavy atom. The van der Waals surface area contributed by atoms with Gasteiger partial charge in [-0.15, -0.1) is 29.5 Å². The molecule has 2 amide bonds. The molecular formula is C17H15N5O5S2. The predicted molar refractivity (Wildman–Crippen MR) is 108 cm³/mol. The molecule has 0 aliphatic carbocycles. The van der Waals surface area contributed by atoms with Gasteiger partial charge in [-0.05, 0) is 5.57 Å². The minimum absolute atomic E-state index is 0.127. The molecule has 0 aromatic carbocycles. The molecule has 2 aliphatic rings. The topological polar surface area (TPSA) is 147 Å². The van der Waals surface area contributed by atoms with Gasteiger partial charge in [-0.3, -0.25) is 14.5 Å². The third-order valence-electron chi connectivity index (χ3n) is 4.02. The molecule has 29 heavy (non-hydrogen) atoms. The lowest BCUT2D eigenvalue weighted by atomic mass is 10.0. The summed E-state index contributed by atoms with van der Waals surface area (Å²) in [5.41, 5.74) is 5.90. The van der Waals surface area contributed by atoms with Gasteiger partial charge in [-0.1, -0.05) is 23.7 Å². The first-order valence-electron chi connectivity index (χ1n) is 8.08. The number of fused-ring (bicyclic) bond motifs is 1. The maximum atomic E-state index is 12.7. The van der Waals surface area contributed by atoms with Gasteiger partial charge >= 0.3 is 5.97 Å². The highest BCUT2D eigenvalue weighted by atomic mass is 32.2. The Morgan fingerprint density at radius 3 is 2.97 bits per heavy atom. The zero-order chi connectivity index (χ0) is 21.1. The number of carboxylic acid groups (broad SMARTS) is 1. The van der Waals surface area contributed by atoms with E-state index in [2.05, 4.69) is 28.0 Å². The number of hydrogen-bond acceptors (Lipinski definition) is 9. The number of carboxylic acids is 1. The predicted octanol–water partition coefficient (Wildman–Crippen LogP) is 0.00380. The summed E-state index contributed by atoms with van der Waals surface area (Å²) in [5, 5.41) is 16.9. The third-order valence-corrected chi connectivity index (χ3v) is 5.99. The number of hydrogen-bond donors (Lipinski definition) is 3. The summed E-state index contributed by atoms with van der Waals surface area (Å²) in [6.45, 7) is 3.42. The van der Waals surface area contributed by atoms with Crippen LogP contribution in [0.25, 0.3) is 0 Å². The van der Waals surface area contributed by atoms with Crippen LogP contribution >= 0.6 is 23.1 Å². The van der Waals surface area contributed by atoms with Crippen molar-refractivity contribution in [2.45, 2.75) is 11.4 Å². The van der Waals surface area contributed by atoms with E-state index in [1.807, 2.05) is 0 Å². The number of nitrogens with zero attached hydrogens (tertiary/aromatic N) is 3. The summed E-state index contributed by atoms with van der Waals surface area (Å²) in [4.78, 5) is 46.9. The van der Waals surface area contributed by atoms with E-state index >= 15 is 0 Å². The molecule has 0 radical (unpaired) electrons. The number of carbonyl (C=O) groups is 3. The Kier molecular flexibility index (Phi) is 5.90. The van der Waals surface area contributed by atoms with Crippen LogP contribution in [0.1, 0.15) is 5.69 Å².